The molecule has 4 nitrogen and oxygen atoms in total. The van der Waals surface area contributed by atoms with Gasteiger partial charge < -0.3 is 5.32 Å². The van der Waals surface area contributed by atoms with E-state index in [0.717, 1.165) is 18.1 Å². The van der Waals surface area contributed by atoms with Gasteiger partial charge in [-0.15, -0.1) is 0 Å². The number of H-pyrrole nitrogens is 1. The van der Waals surface area contributed by atoms with E-state index in [4.69, 9.17) is 0 Å². The molecular weight excluding hydrogens is 236 g/mol. The Hall–Kier alpha value is -1.68. The van der Waals surface area contributed by atoms with Gasteiger partial charge in [0.2, 0.25) is 0 Å². The molecule has 0 aliphatic rings. The van der Waals surface area contributed by atoms with Gasteiger partial charge in [0.1, 0.15) is 5.82 Å². The molecule has 2 aromatic rings. The Balaban J connectivity index is 2.06. The molecular formula is C15H22N4. The van der Waals surface area contributed by atoms with Crippen LogP contribution in [0.1, 0.15) is 43.5 Å². The molecule has 2 N–H and O–H groups in total. The number of rotatable bonds is 4. The van der Waals surface area contributed by atoms with E-state index in [1.807, 2.05) is 7.05 Å². The van der Waals surface area contributed by atoms with E-state index in [1.165, 1.54) is 11.1 Å². The molecule has 1 aromatic carbocycles. The zero-order valence-corrected chi connectivity index (χ0v) is 12.1. The molecule has 0 radical (unpaired) electrons. The van der Waals surface area contributed by atoms with Gasteiger partial charge in [0.05, 0.1) is 6.54 Å². The van der Waals surface area contributed by atoms with Gasteiger partial charge in [-0.25, -0.2) is 4.98 Å². The largest absolute Gasteiger partial charge is 0.313 e. The van der Waals surface area contributed by atoms with Crippen molar-refractivity contribution in [1.29, 1.82) is 0 Å². The van der Waals surface area contributed by atoms with Crippen LogP contribution in [0.15, 0.2) is 24.3 Å². The maximum absolute atomic E-state index is 4.44. The summed E-state index contributed by atoms with van der Waals surface area (Å²) in [6.07, 6.45) is 0.793. The van der Waals surface area contributed by atoms with Gasteiger partial charge in [-0.1, -0.05) is 45.0 Å². The van der Waals surface area contributed by atoms with Crippen LogP contribution in [-0.2, 0) is 18.4 Å². The number of nitrogens with zero attached hydrogens (tertiary/aromatic N) is 2. The van der Waals surface area contributed by atoms with Crippen molar-refractivity contribution < 1.29 is 0 Å². The highest BCUT2D eigenvalue weighted by atomic mass is 15.2. The molecule has 2 rings (SSSR count). The number of hydrogen-bond acceptors (Lipinski definition) is 3. The minimum Gasteiger partial charge on any atom is -0.313 e. The maximum atomic E-state index is 4.44. The average molecular weight is 258 g/mol. The second kappa shape index (κ2) is 5.53. The molecule has 0 fully saturated rings. The molecule has 0 aliphatic heterocycles. The standard InChI is InChI=1S/C15H22N4/c1-15(2,3)12-7-5-11(6-8-12)9-13-17-14(10-16-4)19-18-13/h5-8,16H,9-10H2,1-4H3,(H,17,18,19). The highest BCUT2D eigenvalue weighted by Gasteiger charge is 2.13. The number of aromatic nitrogens is 3. The Morgan fingerprint density at radius 3 is 2.42 bits per heavy atom. The normalized spacial score (nSPS) is 11.8. The summed E-state index contributed by atoms with van der Waals surface area (Å²) in [7, 11) is 1.89. The molecule has 1 heterocycles. The topological polar surface area (TPSA) is 53.6 Å². The molecule has 19 heavy (non-hydrogen) atoms. The fourth-order valence-electron chi connectivity index (χ4n) is 1.97. The van der Waals surface area contributed by atoms with Crippen molar-refractivity contribution in [3.8, 4) is 0 Å². The van der Waals surface area contributed by atoms with Crippen molar-refractivity contribution in [2.24, 2.45) is 0 Å². The molecule has 0 unspecified atom stereocenters. The van der Waals surface area contributed by atoms with Crippen LogP contribution < -0.4 is 5.32 Å². The lowest BCUT2D eigenvalue weighted by Crippen LogP contribution is -2.10. The zero-order chi connectivity index (χ0) is 13.9. The van der Waals surface area contributed by atoms with Crippen molar-refractivity contribution in [2.45, 2.75) is 39.2 Å². The van der Waals surface area contributed by atoms with Gasteiger partial charge >= 0.3 is 0 Å². The molecule has 1 aromatic heterocycles. The van der Waals surface area contributed by atoms with Crippen molar-refractivity contribution in [2.75, 3.05) is 7.05 Å². The molecule has 4 heteroatoms. The molecule has 0 saturated heterocycles. The summed E-state index contributed by atoms with van der Waals surface area (Å²) in [5.41, 5.74) is 2.80. The highest BCUT2D eigenvalue weighted by Crippen LogP contribution is 2.22. The van der Waals surface area contributed by atoms with Crippen molar-refractivity contribution in [3.63, 3.8) is 0 Å². The summed E-state index contributed by atoms with van der Waals surface area (Å²) in [6.45, 7) is 7.37. The second-order valence-corrected chi connectivity index (χ2v) is 5.85. The van der Waals surface area contributed by atoms with E-state index >= 15 is 0 Å². The number of benzene rings is 1. The van der Waals surface area contributed by atoms with Crippen molar-refractivity contribution in [3.05, 3.63) is 47.0 Å². The van der Waals surface area contributed by atoms with Crippen LogP contribution in [0.4, 0.5) is 0 Å². The third kappa shape index (κ3) is 3.64. The first-order valence-corrected chi connectivity index (χ1v) is 6.63. The summed E-state index contributed by atoms with van der Waals surface area (Å²) in [5, 5.41) is 10.2. The summed E-state index contributed by atoms with van der Waals surface area (Å²) in [5.74, 6) is 1.72. The van der Waals surface area contributed by atoms with Gasteiger partial charge in [-0.2, -0.15) is 5.10 Å². The van der Waals surface area contributed by atoms with Crippen LogP contribution in [0.2, 0.25) is 0 Å². The summed E-state index contributed by atoms with van der Waals surface area (Å²) < 4.78 is 0. The molecule has 0 amide bonds. The minimum absolute atomic E-state index is 0.199. The number of nitrogens with one attached hydrogen (secondary N) is 2. The summed E-state index contributed by atoms with van der Waals surface area (Å²) >= 11 is 0. The fraction of sp³-hybridized carbons (Fsp3) is 0.467. The Kier molecular flexibility index (Phi) is 4.00. The molecule has 0 bridgehead atoms. The van der Waals surface area contributed by atoms with E-state index < -0.39 is 0 Å². The van der Waals surface area contributed by atoms with E-state index in [-0.39, 0.29) is 5.41 Å². The van der Waals surface area contributed by atoms with E-state index in [9.17, 15) is 0 Å². The third-order valence-corrected chi connectivity index (χ3v) is 3.10. The Bertz CT molecular complexity index is 520. The average Bonchev–Trinajstić information content (AvgIpc) is 2.77. The first kappa shape index (κ1) is 13.7. The van der Waals surface area contributed by atoms with Crippen LogP contribution in [-0.4, -0.2) is 22.2 Å². The Morgan fingerprint density at radius 1 is 1.16 bits per heavy atom. The van der Waals surface area contributed by atoms with Crippen LogP contribution in [0.25, 0.3) is 0 Å². The predicted octanol–water partition coefficient (Wildman–Crippen LogP) is 2.41. The summed E-state index contributed by atoms with van der Waals surface area (Å²) in [6, 6.07) is 8.72. The maximum Gasteiger partial charge on any atom is 0.164 e. The molecule has 0 saturated carbocycles. The predicted molar refractivity (Wildman–Crippen MR) is 77.1 cm³/mol. The van der Waals surface area contributed by atoms with Gasteiger partial charge in [0, 0.05) is 6.42 Å². The van der Waals surface area contributed by atoms with Crippen molar-refractivity contribution >= 4 is 0 Å². The lowest BCUT2D eigenvalue weighted by molar-refractivity contribution is 0.590. The summed E-state index contributed by atoms with van der Waals surface area (Å²) in [4.78, 5) is 4.44. The van der Waals surface area contributed by atoms with Gasteiger partial charge in [-0.3, -0.25) is 5.10 Å². The van der Waals surface area contributed by atoms with Gasteiger partial charge in [0.25, 0.3) is 0 Å². The quantitative estimate of drug-likeness (QED) is 0.885. The van der Waals surface area contributed by atoms with Crippen LogP contribution in [0, 0.1) is 0 Å². The first-order chi connectivity index (χ1) is 8.99. The van der Waals surface area contributed by atoms with Crippen LogP contribution in [0.5, 0.6) is 0 Å². The Morgan fingerprint density at radius 2 is 1.84 bits per heavy atom. The highest BCUT2D eigenvalue weighted by molar-refractivity contribution is 5.28. The van der Waals surface area contributed by atoms with E-state index in [1.54, 1.807) is 0 Å². The monoisotopic (exact) mass is 258 g/mol. The Labute approximate surface area is 114 Å². The van der Waals surface area contributed by atoms with Gasteiger partial charge in [0.15, 0.2) is 5.82 Å². The number of aromatic amines is 1. The molecule has 0 spiro atoms. The first-order valence-electron chi connectivity index (χ1n) is 6.63. The van der Waals surface area contributed by atoms with Gasteiger partial charge in [-0.05, 0) is 23.6 Å². The van der Waals surface area contributed by atoms with Crippen LogP contribution >= 0.6 is 0 Å². The lowest BCUT2D eigenvalue weighted by atomic mass is 9.86. The minimum atomic E-state index is 0.199. The van der Waals surface area contributed by atoms with E-state index in [0.29, 0.717) is 6.54 Å². The lowest BCUT2D eigenvalue weighted by Gasteiger charge is -2.19. The smallest absolute Gasteiger partial charge is 0.164 e. The second-order valence-electron chi connectivity index (χ2n) is 5.85. The zero-order valence-electron chi connectivity index (χ0n) is 12.1. The number of hydrogen-bond donors (Lipinski definition) is 2. The molecule has 0 aliphatic carbocycles. The third-order valence-electron chi connectivity index (χ3n) is 3.10. The van der Waals surface area contributed by atoms with Crippen molar-refractivity contribution in [1.82, 2.24) is 20.5 Å². The fourth-order valence-corrected chi connectivity index (χ4v) is 1.97. The van der Waals surface area contributed by atoms with Crippen LogP contribution in [0.3, 0.4) is 0 Å². The molecule has 102 valence electrons. The molecule has 0 atom stereocenters. The van der Waals surface area contributed by atoms with E-state index in [2.05, 4.69) is 65.5 Å². The SMILES string of the molecule is CNCc1n[nH]c(Cc2ccc(C(C)(C)C)cc2)n1.